The topological polar surface area (TPSA) is 36.9 Å². The molecule has 1 saturated carbocycles. The van der Waals surface area contributed by atoms with Crippen molar-refractivity contribution in [1.82, 2.24) is 0 Å². The average Bonchev–Trinajstić information content (AvgIpc) is 3.92. The van der Waals surface area contributed by atoms with E-state index in [2.05, 4.69) is 183 Å². The van der Waals surface area contributed by atoms with Gasteiger partial charge in [-0.25, -0.2) is 0 Å². The molecule has 0 atom stereocenters. The minimum absolute atomic E-state index is 0. The summed E-state index contributed by atoms with van der Waals surface area (Å²) in [5.74, 6) is 6.05. The van der Waals surface area contributed by atoms with Crippen LogP contribution in [0.5, 0.6) is 23.0 Å². The van der Waals surface area contributed by atoms with Crippen LogP contribution in [0.4, 0.5) is 0 Å². The van der Waals surface area contributed by atoms with Gasteiger partial charge in [-0.05, 0) is 203 Å². The molecule has 6 aromatic rings. The molecule has 1 fully saturated rings. The van der Waals surface area contributed by atoms with E-state index in [1.165, 1.54) is 102 Å². The predicted molar refractivity (Wildman–Crippen MR) is 281 cm³/mol. The van der Waals surface area contributed by atoms with Gasteiger partial charge >= 0.3 is 27.0 Å². The van der Waals surface area contributed by atoms with Crippen LogP contribution in [0.1, 0.15) is 91.0 Å². The summed E-state index contributed by atoms with van der Waals surface area (Å²) < 4.78 is 25.4. The number of fused-ring (bicyclic) bond motifs is 2. The van der Waals surface area contributed by atoms with Crippen molar-refractivity contribution < 1.29 is 36.3 Å². The molecule has 0 spiro atoms. The van der Waals surface area contributed by atoms with Crippen molar-refractivity contribution in [2.45, 2.75) is 102 Å². The zero-order valence-electron chi connectivity index (χ0n) is 40.0. The summed E-state index contributed by atoms with van der Waals surface area (Å²) in [6.07, 6.45) is 5.92. The van der Waals surface area contributed by atoms with Crippen LogP contribution >= 0.6 is 37.9 Å². The van der Waals surface area contributed by atoms with E-state index in [9.17, 15) is 0 Å². The van der Waals surface area contributed by atoms with Gasteiger partial charge in [0.15, 0.2) is 23.0 Å². The molecule has 0 saturated heterocycles. The van der Waals surface area contributed by atoms with Crippen LogP contribution < -0.4 is 50.8 Å². The third-order valence-corrected chi connectivity index (χ3v) is 18.3. The molecular weight excluding hydrogens is 971 g/mol. The Labute approximate surface area is 412 Å². The van der Waals surface area contributed by atoms with Crippen LogP contribution in [-0.2, 0) is 17.3 Å². The molecule has 1 aliphatic carbocycles. The van der Waals surface area contributed by atoms with Crippen LogP contribution in [0.3, 0.4) is 0 Å². The van der Waals surface area contributed by atoms with E-state index in [4.69, 9.17) is 18.9 Å². The molecule has 0 amide bonds. The molecule has 2 aliphatic heterocycles. The van der Waals surface area contributed by atoms with Crippen molar-refractivity contribution in [3.63, 3.8) is 0 Å². The Kier molecular flexibility index (Phi) is 17.7. The van der Waals surface area contributed by atoms with Crippen molar-refractivity contribution in [3.05, 3.63) is 142 Å². The van der Waals surface area contributed by atoms with Gasteiger partial charge in [-0.15, -0.1) is 12.4 Å². The van der Waals surface area contributed by atoms with Gasteiger partial charge in [0, 0.05) is 0 Å². The van der Waals surface area contributed by atoms with Gasteiger partial charge in [0.2, 0.25) is 13.6 Å². The van der Waals surface area contributed by atoms with Crippen molar-refractivity contribution in [3.8, 4) is 34.1 Å². The first-order valence-electron chi connectivity index (χ1n) is 22.8. The van der Waals surface area contributed by atoms with E-state index in [1.54, 1.807) is 0 Å². The minimum atomic E-state index is -1.60. The van der Waals surface area contributed by atoms with E-state index in [0.717, 1.165) is 51.9 Å². The monoisotopic (exact) mass is 1040 g/mol. The van der Waals surface area contributed by atoms with Gasteiger partial charge in [-0.1, -0.05) is 57.9 Å². The Balaban J connectivity index is 0.000000474. The second kappa shape index (κ2) is 22.6. The summed E-state index contributed by atoms with van der Waals surface area (Å²) >= 11 is 1.82. The summed E-state index contributed by atoms with van der Waals surface area (Å²) in [5.41, 5.74) is 12.2. The molecule has 345 valence electrons. The summed E-state index contributed by atoms with van der Waals surface area (Å²) in [7, 11) is 1.37. The normalized spacial score (nSPS) is 15.9. The molecule has 6 aromatic carbocycles. The average molecular weight is 1040 g/mol. The zero-order chi connectivity index (χ0) is 45.8. The fourth-order valence-corrected chi connectivity index (χ4v) is 16.6. The first kappa shape index (κ1) is 51.0. The SMILES string of the molecule is CC1CCC(C(C)C)CC1.Cc1cc(C)cc([PH+](c2cc(C)cc(C)c2)c2ccc3c(c2-c2c([PH+](c4cc(C)cc(C)c4)c4cc(C)cc(C)c4)ccc4c2OCO4)OCO3)c1.Cl.[Cl][Ru]. The molecule has 4 nitrogen and oxygen atoms in total. The Morgan fingerprint density at radius 1 is 0.462 bits per heavy atom. The fourth-order valence-electron chi connectivity index (χ4n) is 10.2. The van der Waals surface area contributed by atoms with Gasteiger partial charge < -0.3 is 18.9 Å². The molecule has 3 aliphatic rings. The summed E-state index contributed by atoms with van der Waals surface area (Å²) in [6.45, 7) is 25.1. The molecule has 0 unspecified atom stereocenters. The third-order valence-electron chi connectivity index (χ3n) is 12.9. The van der Waals surface area contributed by atoms with Crippen molar-refractivity contribution in [2.24, 2.45) is 17.8 Å². The summed E-state index contributed by atoms with van der Waals surface area (Å²) in [6, 6.07) is 36.9. The Morgan fingerprint density at radius 3 is 1.03 bits per heavy atom. The molecule has 0 aromatic heterocycles. The maximum atomic E-state index is 6.53. The van der Waals surface area contributed by atoms with Crippen LogP contribution in [0.25, 0.3) is 11.1 Å². The molecule has 9 heteroatoms. The summed E-state index contributed by atoms with van der Waals surface area (Å²) in [5, 5.41) is 7.86. The second-order valence-corrected chi connectivity index (χ2v) is 23.9. The van der Waals surface area contributed by atoms with Gasteiger partial charge in [0.25, 0.3) is 0 Å². The van der Waals surface area contributed by atoms with Crippen LogP contribution in [-0.4, -0.2) is 13.6 Å². The summed E-state index contributed by atoms with van der Waals surface area (Å²) in [4.78, 5) is 0. The third kappa shape index (κ3) is 11.8. The molecule has 0 bridgehead atoms. The van der Waals surface area contributed by atoms with Crippen molar-refractivity contribution >= 4 is 69.8 Å². The molecule has 9 rings (SSSR count). The van der Waals surface area contributed by atoms with E-state index in [1.807, 2.05) is 17.3 Å². The molecule has 0 N–H and O–H groups in total. The number of benzene rings is 6. The van der Waals surface area contributed by atoms with Gasteiger partial charge in [-0.3, -0.25) is 0 Å². The van der Waals surface area contributed by atoms with Gasteiger partial charge in [0.1, 0.15) is 31.8 Å². The molecule has 0 radical (unpaired) electrons. The van der Waals surface area contributed by atoms with E-state index >= 15 is 0 Å². The quantitative estimate of drug-likeness (QED) is 0.112. The van der Waals surface area contributed by atoms with Crippen LogP contribution in [0, 0.1) is 73.1 Å². The van der Waals surface area contributed by atoms with Crippen molar-refractivity contribution in [2.75, 3.05) is 13.6 Å². The van der Waals surface area contributed by atoms with Crippen LogP contribution in [0.15, 0.2) is 97.1 Å². The Bertz CT molecular complexity index is 2270. The molecule has 65 heavy (non-hydrogen) atoms. The molecule has 2 heterocycles. The van der Waals surface area contributed by atoms with E-state index in [-0.39, 0.29) is 26.0 Å². The first-order valence-corrected chi connectivity index (χ1v) is 28.0. The van der Waals surface area contributed by atoms with Gasteiger partial charge in [-0.2, -0.15) is 0 Å². The number of aryl methyl sites for hydroxylation is 8. The predicted octanol–water partition coefficient (Wildman–Crippen LogP) is 12.8. The number of ether oxygens (including phenoxy) is 4. The second-order valence-electron chi connectivity index (χ2n) is 19.0. The van der Waals surface area contributed by atoms with E-state index < -0.39 is 15.8 Å². The first-order chi connectivity index (χ1) is 30.7. The van der Waals surface area contributed by atoms with Crippen molar-refractivity contribution in [1.29, 1.82) is 0 Å². The number of rotatable bonds is 8. The fraction of sp³-hybridized carbons (Fsp3) is 0.357. The standard InChI is InChI=1S/C46H44O4P2.C10H20.2ClH.Ru/c1-27-13-28(2)18-35(17-27)51(36-19-29(3)14-30(4)20-36)41-11-9-39-45(49-25-47-39)43(41)44-42(12-10-40-46(44)50-26-48-40)52(37-21-31(5)15-32(6)22-37)38-23-33(7)16-34(8)24-38;1-8(2)10-6-4-9(3)5-7-10;;;/h9-24H,25-26H2,1-8H3;8-10H,4-7H2,1-3H3;2*1H;/q;;;;+1/p+1. The Hall–Kier alpha value is -3.42. The zero-order valence-corrected chi connectivity index (χ0v) is 45.3. The van der Waals surface area contributed by atoms with E-state index in [0.29, 0.717) is 0 Å². The number of halogens is 2. The number of hydrogen-bond donors (Lipinski definition) is 0. The Morgan fingerprint density at radius 2 is 0.754 bits per heavy atom. The number of hydrogen-bond acceptors (Lipinski definition) is 4. The molecular formula is C56H67Cl2O4P2Ru+2. The van der Waals surface area contributed by atoms with Crippen LogP contribution in [0.2, 0.25) is 0 Å². The van der Waals surface area contributed by atoms with Gasteiger partial charge in [0.05, 0.1) is 27.0 Å². The maximum absolute atomic E-state index is 6.53.